The highest BCUT2D eigenvalue weighted by Crippen LogP contribution is 2.26. The number of thiophene rings is 1. The van der Waals surface area contributed by atoms with Crippen molar-refractivity contribution in [1.29, 1.82) is 0 Å². The van der Waals surface area contributed by atoms with Crippen molar-refractivity contribution in [3.05, 3.63) is 56.8 Å². The predicted octanol–water partition coefficient (Wildman–Crippen LogP) is 3.96. The molecule has 0 bridgehead atoms. The van der Waals surface area contributed by atoms with Crippen molar-refractivity contribution in [2.45, 2.75) is 33.1 Å². The van der Waals surface area contributed by atoms with Crippen LogP contribution in [-0.2, 0) is 6.42 Å². The number of aryl methyl sites for hydroxylation is 3. The van der Waals surface area contributed by atoms with Gasteiger partial charge in [-0.05, 0) is 67.4 Å². The fraction of sp³-hybridized carbons (Fsp3) is 0.375. The Hall–Kier alpha value is -1.12. The number of benzene rings is 1. The van der Waals surface area contributed by atoms with Crippen molar-refractivity contribution in [3.63, 3.8) is 0 Å². The maximum absolute atomic E-state index is 5.96. The molecule has 0 radical (unpaired) electrons. The second-order valence-electron chi connectivity index (χ2n) is 5.01. The quantitative estimate of drug-likeness (QED) is 0.883. The SMILES string of the molecule is Cc1ccc(C(CN)Cc2sccc2C)cc1C. The number of nitrogens with two attached hydrogens (primary N) is 1. The average Bonchev–Trinajstić information content (AvgIpc) is 2.75. The summed E-state index contributed by atoms with van der Waals surface area (Å²) in [7, 11) is 0. The Morgan fingerprint density at radius 3 is 2.39 bits per heavy atom. The molecule has 0 aliphatic carbocycles. The second kappa shape index (κ2) is 5.68. The summed E-state index contributed by atoms with van der Waals surface area (Å²) in [5.41, 5.74) is 11.4. The minimum absolute atomic E-state index is 0.432. The summed E-state index contributed by atoms with van der Waals surface area (Å²) >= 11 is 1.84. The van der Waals surface area contributed by atoms with E-state index in [1.54, 1.807) is 0 Å². The highest BCUT2D eigenvalue weighted by atomic mass is 32.1. The van der Waals surface area contributed by atoms with Crippen LogP contribution in [0.25, 0.3) is 0 Å². The highest BCUT2D eigenvalue weighted by Gasteiger charge is 2.13. The summed E-state index contributed by atoms with van der Waals surface area (Å²) in [6.45, 7) is 7.21. The lowest BCUT2D eigenvalue weighted by molar-refractivity contribution is 0.698. The Labute approximate surface area is 114 Å². The molecule has 0 saturated carbocycles. The molecule has 0 saturated heterocycles. The molecule has 2 N–H and O–H groups in total. The van der Waals surface area contributed by atoms with Crippen LogP contribution in [0.5, 0.6) is 0 Å². The third-order valence-corrected chi connectivity index (χ3v) is 4.73. The van der Waals surface area contributed by atoms with Crippen LogP contribution < -0.4 is 5.73 Å². The van der Waals surface area contributed by atoms with E-state index in [0.29, 0.717) is 12.5 Å². The molecule has 0 aliphatic rings. The first-order chi connectivity index (χ1) is 8.61. The van der Waals surface area contributed by atoms with Gasteiger partial charge < -0.3 is 5.73 Å². The fourth-order valence-electron chi connectivity index (χ4n) is 2.19. The van der Waals surface area contributed by atoms with E-state index in [4.69, 9.17) is 5.73 Å². The molecule has 2 aromatic rings. The van der Waals surface area contributed by atoms with Crippen LogP contribution in [0.4, 0.5) is 0 Å². The van der Waals surface area contributed by atoms with Crippen LogP contribution in [0.15, 0.2) is 29.6 Å². The van der Waals surface area contributed by atoms with E-state index in [1.807, 2.05) is 11.3 Å². The van der Waals surface area contributed by atoms with Crippen molar-refractivity contribution in [2.24, 2.45) is 5.73 Å². The predicted molar refractivity (Wildman–Crippen MR) is 80.5 cm³/mol. The molecule has 1 nitrogen and oxygen atoms in total. The fourth-order valence-corrected chi connectivity index (χ4v) is 3.18. The van der Waals surface area contributed by atoms with Crippen LogP contribution in [0, 0.1) is 20.8 Å². The first-order valence-corrected chi connectivity index (χ1v) is 7.30. The van der Waals surface area contributed by atoms with Crippen molar-refractivity contribution < 1.29 is 0 Å². The van der Waals surface area contributed by atoms with E-state index in [0.717, 1.165) is 6.42 Å². The lowest BCUT2D eigenvalue weighted by Gasteiger charge is -2.16. The van der Waals surface area contributed by atoms with Crippen molar-refractivity contribution >= 4 is 11.3 Å². The first kappa shape index (κ1) is 13.3. The maximum Gasteiger partial charge on any atom is 0.00809 e. The Morgan fingerprint density at radius 1 is 1.06 bits per heavy atom. The van der Waals surface area contributed by atoms with E-state index >= 15 is 0 Å². The van der Waals surface area contributed by atoms with Gasteiger partial charge in [0.2, 0.25) is 0 Å². The minimum atomic E-state index is 0.432. The van der Waals surface area contributed by atoms with E-state index in [1.165, 1.54) is 27.1 Å². The zero-order valence-corrected chi connectivity index (χ0v) is 12.2. The number of hydrogen-bond acceptors (Lipinski definition) is 2. The Bertz CT molecular complexity index is 528. The molecule has 0 amide bonds. The molecule has 0 fully saturated rings. The summed E-state index contributed by atoms with van der Waals surface area (Å²) < 4.78 is 0. The first-order valence-electron chi connectivity index (χ1n) is 6.42. The molecular formula is C16H21NS. The largest absolute Gasteiger partial charge is 0.330 e. The van der Waals surface area contributed by atoms with Gasteiger partial charge in [0.15, 0.2) is 0 Å². The van der Waals surface area contributed by atoms with Gasteiger partial charge in [0.05, 0.1) is 0 Å². The van der Waals surface area contributed by atoms with Crippen LogP contribution >= 0.6 is 11.3 Å². The molecule has 1 aromatic heterocycles. The molecule has 96 valence electrons. The lowest BCUT2D eigenvalue weighted by Crippen LogP contribution is -2.15. The zero-order chi connectivity index (χ0) is 13.1. The molecule has 0 aliphatic heterocycles. The topological polar surface area (TPSA) is 26.0 Å². The third-order valence-electron chi connectivity index (χ3n) is 3.69. The second-order valence-corrected chi connectivity index (χ2v) is 6.01. The average molecular weight is 259 g/mol. The van der Waals surface area contributed by atoms with Gasteiger partial charge in [0.1, 0.15) is 0 Å². The summed E-state index contributed by atoms with van der Waals surface area (Å²) in [6.07, 6.45) is 1.06. The Morgan fingerprint density at radius 2 is 1.83 bits per heavy atom. The molecule has 2 heteroatoms. The van der Waals surface area contributed by atoms with Gasteiger partial charge in [-0.2, -0.15) is 0 Å². The monoisotopic (exact) mass is 259 g/mol. The molecule has 1 heterocycles. The number of hydrogen-bond donors (Lipinski definition) is 1. The molecular weight excluding hydrogens is 238 g/mol. The van der Waals surface area contributed by atoms with Gasteiger partial charge in [0, 0.05) is 10.8 Å². The standard InChI is InChI=1S/C16H21NS/c1-11-4-5-14(8-13(11)3)15(10-17)9-16-12(2)6-7-18-16/h4-8,15H,9-10,17H2,1-3H3. The van der Waals surface area contributed by atoms with E-state index < -0.39 is 0 Å². The van der Waals surface area contributed by atoms with Gasteiger partial charge in [-0.3, -0.25) is 0 Å². The summed E-state index contributed by atoms with van der Waals surface area (Å²) in [6, 6.07) is 8.90. The molecule has 1 atom stereocenters. The maximum atomic E-state index is 5.96. The zero-order valence-electron chi connectivity index (χ0n) is 11.4. The van der Waals surface area contributed by atoms with Gasteiger partial charge in [-0.25, -0.2) is 0 Å². The van der Waals surface area contributed by atoms with Gasteiger partial charge in [-0.1, -0.05) is 18.2 Å². The van der Waals surface area contributed by atoms with Crippen molar-refractivity contribution in [1.82, 2.24) is 0 Å². The minimum Gasteiger partial charge on any atom is -0.330 e. The van der Waals surface area contributed by atoms with Gasteiger partial charge in [-0.15, -0.1) is 11.3 Å². The van der Waals surface area contributed by atoms with Crippen LogP contribution in [0.2, 0.25) is 0 Å². The summed E-state index contributed by atoms with van der Waals surface area (Å²) in [5, 5.41) is 2.17. The van der Waals surface area contributed by atoms with Crippen molar-refractivity contribution in [3.8, 4) is 0 Å². The highest BCUT2D eigenvalue weighted by molar-refractivity contribution is 7.10. The van der Waals surface area contributed by atoms with Crippen LogP contribution in [0.3, 0.4) is 0 Å². The Balaban J connectivity index is 2.23. The molecule has 0 spiro atoms. The molecule has 1 aromatic carbocycles. The Kier molecular flexibility index (Phi) is 4.20. The third kappa shape index (κ3) is 2.82. The van der Waals surface area contributed by atoms with Crippen LogP contribution in [-0.4, -0.2) is 6.54 Å². The molecule has 2 rings (SSSR count). The molecule has 18 heavy (non-hydrogen) atoms. The summed E-state index contributed by atoms with van der Waals surface area (Å²) in [4.78, 5) is 1.46. The van der Waals surface area contributed by atoms with E-state index in [2.05, 4.69) is 50.4 Å². The normalized spacial score (nSPS) is 12.7. The lowest BCUT2D eigenvalue weighted by atomic mass is 9.92. The van der Waals surface area contributed by atoms with E-state index in [9.17, 15) is 0 Å². The van der Waals surface area contributed by atoms with Crippen LogP contribution in [0.1, 0.15) is 33.0 Å². The van der Waals surface area contributed by atoms with E-state index in [-0.39, 0.29) is 0 Å². The smallest absolute Gasteiger partial charge is 0.00809 e. The molecule has 1 unspecified atom stereocenters. The van der Waals surface area contributed by atoms with Crippen molar-refractivity contribution in [2.75, 3.05) is 6.54 Å². The number of rotatable bonds is 4. The van der Waals surface area contributed by atoms with Gasteiger partial charge >= 0.3 is 0 Å². The summed E-state index contributed by atoms with van der Waals surface area (Å²) in [5.74, 6) is 0.432. The van der Waals surface area contributed by atoms with Gasteiger partial charge in [0.25, 0.3) is 0 Å².